The molecule has 6 nitrogen and oxygen atoms in total. The topological polar surface area (TPSA) is 71.5 Å². The van der Waals surface area contributed by atoms with Crippen LogP contribution in [-0.4, -0.2) is 24.1 Å². The standard InChI is InChI=1S/C19H18BrN3O3S/c1-10-15(18(24)26-2)16(14-9-27-17(21-14)11-3-4-11)22-19(25)23(10)13-7-5-12(20)6-8-13/h5-9,11,16H,3-4H2,1-2H3,(H,22,25)/t16-/m1/s1. The minimum absolute atomic E-state index is 0.298. The van der Waals surface area contributed by atoms with Crippen molar-refractivity contribution in [2.45, 2.75) is 31.7 Å². The summed E-state index contributed by atoms with van der Waals surface area (Å²) in [5.41, 5.74) is 2.29. The number of thiazole rings is 1. The van der Waals surface area contributed by atoms with E-state index in [4.69, 9.17) is 4.74 Å². The predicted octanol–water partition coefficient (Wildman–Crippen LogP) is 4.50. The van der Waals surface area contributed by atoms with Gasteiger partial charge in [-0.3, -0.25) is 4.90 Å². The van der Waals surface area contributed by atoms with E-state index in [0.717, 1.165) is 22.3 Å². The molecule has 1 N–H and O–H groups in total. The van der Waals surface area contributed by atoms with Crippen LogP contribution >= 0.6 is 27.3 Å². The molecule has 0 bridgehead atoms. The fourth-order valence-corrected chi connectivity index (χ4v) is 4.47. The van der Waals surface area contributed by atoms with Gasteiger partial charge in [0.1, 0.15) is 6.04 Å². The number of nitrogens with zero attached hydrogens (tertiary/aromatic N) is 2. The van der Waals surface area contributed by atoms with Gasteiger partial charge < -0.3 is 10.1 Å². The van der Waals surface area contributed by atoms with Gasteiger partial charge in [-0.05, 0) is 44.0 Å². The minimum atomic E-state index is -0.611. The van der Waals surface area contributed by atoms with Crippen molar-refractivity contribution in [1.82, 2.24) is 10.3 Å². The van der Waals surface area contributed by atoms with Crippen LogP contribution in [0.1, 0.15) is 42.4 Å². The van der Waals surface area contributed by atoms with Crippen LogP contribution in [-0.2, 0) is 9.53 Å². The van der Waals surface area contributed by atoms with Gasteiger partial charge in [-0.1, -0.05) is 15.9 Å². The van der Waals surface area contributed by atoms with Gasteiger partial charge >= 0.3 is 12.0 Å². The fourth-order valence-electron chi connectivity index (χ4n) is 3.19. The van der Waals surface area contributed by atoms with Gasteiger partial charge in [-0.15, -0.1) is 11.3 Å². The van der Waals surface area contributed by atoms with E-state index in [1.54, 1.807) is 18.3 Å². The SMILES string of the molecule is COC(=O)C1=C(C)N(c2ccc(Br)cc2)C(=O)N[C@@H]1c1csc(C2CC2)n1. The Labute approximate surface area is 169 Å². The molecule has 1 aliphatic heterocycles. The molecule has 1 aromatic carbocycles. The Balaban J connectivity index is 1.77. The second kappa shape index (κ2) is 7.09. The molecule has 4 rings (SSSR count). The number of ether oxygens (including phenoxy) is 1. The van der Waals surface area contributed by atoms with Crippen LogP contribution in [0.25, 0.3) is 0 Å². The molecule has 2 heterocycles. The van der Waals surface area contributed by atoms with Crippen LogP contribution in [0.2, 0.25) is 0 Å². The van der Waals surface area contributed by atoms with Crippen molar-refractivity contribution in [3.63, 3.8) is 0 Å². The van der Waals surface area contributed by atoms with Gasteiger partial charge in [0, 0.05) is 21.5 Å². The first-order chi connectivity index (χ1) is 13.0. The molecule has 2 aromatic rings. The Morgan fingerprint density at radius 1 is 1.33 bits per heavy atom. The summed E-state index contributed by atoms with van der Waals surface area (Å²) in [5.74, 6) is 0.0505. The van der Waals surface area contributed by atoms with Crippen LogP contribution in [0.5, 0.6) is 0 Å². The molecule has 140 valence electrons. The molecular weight excluding hydrogens is 430 g/mol. The minimum Gasteiger partial charge on any atom is -0.466 e. The predicted molar refractivity (Wildman–Crippen MR) is 107 cm³/mol. The van der Waals surface area contributed by atoms with E-state index in [1.165, 1.54) is 12.0 Å². The number of urea groups is 1. The molecule has 0 saturated heterocycles. The maximum absolute atomic E-state index is 12.9. The lowest BCUT2D eigenvalue weighted by molar-refractivity contribution is -0.136. The van der Waals surface area contributed by atoms with Crippen molar-refractivity contribution >= 4 is 45.0 Å². The molecule has 1 saturated carbocycles. The van der Waals surface area contributed by atoms with Gasteiger partial charge in [0.25, 0.3) is 0 Å². The van der Waals surface area contributed by atoms with Crippen molar-refractivity contribution < 1.29 is 14.3 Å². The molecule has 2 aliphatic rings. The highest BCUT2D eigenvalue weighted by atomic mass is 79.9. The smallest absolute Gasteiger partial charge is 0.338 e. The molecule has 0 unspecified atom stereocenters. The maximum Gasteiger partial charge on any atom is 0.338 e. The van der Waals surface area contributed by atoms with Crippen molar-refractivity contribution in [2.75, 3.05) is 12.0 Å². The lowest BCUT2D eigenvalue weighted by Crippen LogP contribution is -2.48. The van der Waals surface area contributed by atoms with Gasteiger partial charge in [-0.2, -0.15) is 0 Å². The Bertz CT molecular complexity index is 934. The number of aromatic nitrogens is 1. The maximum atomic E-state index is 12.9. The lowest BCUT2D eigenvalue weighted by Gasteiger charge is -2.34. The van der Waals surface area contributed by atoms with Crippen LogP contribution in [0.3, 0.4) is 0 Å². The molecule has 8 heteroatoms. The van der Waals surface area contributed by atoms with Gasteiger partial charge in [0.05, 0.1) is 29.1 Å². The summed E-state index contributed by atoms with van der Waals surface area (Å²) in [6.45, 7) is 1.76. The largest absolute Gasteiger partial charge is 0.466 e. The highest BCUT2D eigenvalue weighted by Crippen LogP contribution is 2.43. The number of esters is 1. The Kier molecular flexibility index (Phi) is 4.77. The number of halogens is 1. The van der Waals surface area contributed by atoms with Gasteiger partial charge in [0.2, 0.25) is 0 Å². The second-order valence-electron chi connectivity index (χ2n) is 6.57. The van der Waals surface area contributed by atoms with Gasteiger partial charge in [0.15, 0.2) is 0 Å². The molecule has 27 heavy (non-hydrogen) atoms. The highest BCUT2D eigenvalue weighted by molar-refractivity contribution is 9.10. The Morgan fingerprint density at radius 2 is 2.04 bits per heavy atom. The average Bonchev–Trinajstić information content (AvgIpc) is 3.39. The number of nitrogens with one attached hydrogen (secondary N) is 1. The first kappa shape index (κ1) is 18.2. The molecule has 2 amide bonds. The van der Waals surface area contributed by atoms with E-state index in [0.29, 0.717) is 28.6 Å². The molecule has 1 fully saturated rings. The number of rotatable bonds is 4. The van der Waals surface area contributed by atoms with Crippen LogP contribution < -0.4 is 10.2 Å². The summed E-state index contributed by atoms with van der Waals surface area (Å²) in [6, 6.07) is 6.42. The molecule has 0 radical (unpaired) electrons. The second-order valence-corrected chi connectivity index (χ2v) is 8.38. The first-order valence-electron chi connectivity index (χ1n) is 8.60. The zero-order valence-electron chi connectivity index (χ0n) is 14.9. The van der Waals surface area contributed by atoms with E-state index in [2.05, 4.69) is 26.2 Å². The van der Waals surface area contributed by atoms with Gasteiger partial charge in [-0.25, -0.2) is 14.6 Å². The Hall–Kier alpha value is -2.19. The number of allylic oxidation sites excluding steroid dienone is 1. The van der Waals surface area contributed by atoms with E-state index in [1.807, 2.05) is 29.6 Å². The normalized spacial score (nSPS) is 19.9. The zero-order valence-corrected chi connectivity index (χ0v) is 17.3. The van der Waals surface area contributed by atoms with Crippen molar-refractivity contribution in [2.24, 2.45) is 0 Å². The van der Waals surface area contributed by atoms with E-state index in [-0.39, 0.29) is 6.03 Å². The van der Waals surface area contributed by atoms with Crippen molar-refractivity contribution in [3.8, 4) is 0 Å². The number of hydrogen-bond donors (Lipinski definition) is 1. The van der Waals surface area contributed by atoms with Crippen LogP contribution in [0.15, 0.2) is 45.4 Å². The first-order valence-corrected chi connectivity index (χ1v) is 10.3. The average molecular weight is 448 g/mol. The van der Waals surface area contributed by atoms with E-state index < -0.39 is 12.0 Å². The van der Waals surface area contributed by atoms with E-state index >= 15 is 0 Å². The number of carbonyl (C=O) groups excluding carboxylic acids is 2. The summed E-state index contributed by atoms with van der Waals surface area (Å²) >= 11 is 4.97. The summed E-state index contributed by atoms with van der Waals surface area (Å²) in [5, 5.41) is 5.91. The van der Waals surface area contributed by atoms with Crippen LogP contribution in [0, 0.1) is 0 Å². The summed E-state index contributed by atoms with van der Waals surface area (Å²) in [7, 11) is 1.34. The molecule has 1 aliphatic carbocycles. The number of benzene rings is 1. The van der Waals surface area contributed by atoms with Crippen molar-refractivity contribution in [3.05, 3.63) is 56.1 Å². The lowest BCUT2D eigenvalue weighted by atomic mass is 9.99. The summed E-state index contributed by atoms with van der Waals surface area (Å²) in [6.07, 6.45) is 2.31. The third-order valence-electron chi connectivity index (χ3n) is 4.74. The summed E-state index contributed by atoms with van der Waals surface area (Å²) in [4.78, 5) is 31.6. The Morgan fingerprint density at radius 3 is 2.67 bits per heavy atom. The number of carbonyl (C=O) groups is 2. The number of anilines is 1. The summed E-state index contributed by atoms with van der Waals surface area (Å²) < 4.78 is 5.92. The van der Waals surface area contributed by atoms with E-state index in [9.17, 15) is 9.59 Å². The number of hydrogen-bond acceptors (Lipinski definition) is 5. The molecule has 1 aromatic heterocycles. The number of methoxy groups -OCH3 is 1. The highest BCUT2D eigenvalue weighted by Gasteiger charge is 2.38. The van der Waals surface area contributed by atoms with Crippen LogP contribution in [0.4, 0.5) is 10.5 Å². The third kappa shape index (κ3) is 3.39. The third-order valence-corrected chi connectivity index (χ3v) is 6.29. The zero-order chi connectivity index (χ0) is 19.1. The fraction of sp³-hybridized carbons (Fsp3) is 0.316. The molecule has 0 spiro atoms. The van der Waals surface area contributed by atoms with Crippen molar-refractivity contribution in [1.29, 1.82) is 0 Å². The monoisotopic (exact) mass is 447 g/mol. The quantitative estimate of drug-likeness (QED) is 0.700. The number of amides is 2. The molecular formula is C19H18BrN3O3S. The molecule has 1 atom stereocenters.